The summed E-state index contributed by atoms with van der Waals surface area (Å²) in [4.78, 5) is -0.243. The van der Waals surface area contributed by atoms with Crippen LogP contribution in [0.2, 0.25) is 0 Å². The zero-order valence-corrected chi connectivity index (χ0v) is 12.0. The molecule has 0 heterocycles. The first kappa shape index (κ1) is 15.8. The molecule has 8 heteroatoms. The summed E-state index contributed by atoms with van der Waals surface area (Å²) in [6.45, 7) is 1.56. The number of hydrogen-bond donors (Lipinski definition) is 2. The van der Waals surface area contributed by atoms with Crippen molar-refractivity contribution in [2.24, 2.45) is 5.73 Å². The minimum atomic E-state index is -3.21. The molecule has 0 spiro atoms. The maximum Gasteiger partial charge on any atom is 0.182 e. The predicted octanol–water partition coefficient (Wildman–Crippen LogP) is 1.44. The van der Waals surface area contributed by atoms with E-state index in [4.69, 9.17) is 5.73 Å². The van der Waals surface area contributed by atoms with Crippen molar-refractivity contribution in [3.05, 3.63) is 29.3 Å². The van der Waals surface area contributed by atoms with E-state index >= 15 is 0 Å². The Kier molecular flexibility index (Phi) is 4.81. The van der Waals surface area contributed by atoms with E-state index in [1.54, 1.807) is 6.92 Å². The first-order valence-corrected chi connectivity index (χ1v) is 7.80. The Morgan fingerprint density at radius 1 is 1.42 bits per heavy atom. The molecule has 0 aromatic heterocycles. The molecule has 0 radical (unpaired) electrons. The summed E-state index contributed by atoms with van der Waals surface area (Å²) in [5.74, 6) is -2.47. The molecular formula is C11H14F2N2O2S2. The van der Waals surface area contributed by atoms with Gasteiger partial charge in [0.25, 0.3) is 0 Å². The predicted molar refractivity (Wildman–Crippen MR) is 75.0 cm³/mol. The van der Waals surface area contributed by atoms with Gasteiger partial charge in [0.15, 0.2) is 11.6 Å². The van der Waals surface area contributed by atoms with Crippen molar-refractivity contribution in [2.75, 3.05) is 17.3 Å². The quantitative estimate of drug-likeness (QED) is 0.806. The van der Waals surface area contributed by atoms with E-state index in [1.165, 1.54) is 12.1 Å². The lowest BCUT2D eigenvalue weighted by Crippen LogP contribution is -2.26. The molecule has 1 aromatic rings. The molecule has 1 unspecified atom stereocenters. The minimum Gasteiger partial charge on any atom is -0.389 e. The van der Waals surface area contributed by atoms with Gasteiger partial charge in [0, 0.05) is 17.9 Å². The van der Waals surface area contributed by atoms with Crippen LogP contribution >= 0.6 is 12.2 Å². The Balaban J connectivity index is 2.98. The van der Waals surface area contributed by atoms with Gasteiger partial charge in [-0.25, -0.2) is 17.2 Å². The van der Waals surface area contributed by atoms with Crippen LogP contribution in [-0.4, -0.2) is 31.5 Å². The Morgan fingerprint density at radius 3 is 2.47 bits per heavy atom. The van der Waals surface area contributed by atoms with Gasteiger partial charge in [-0.1, -0.05) is 12.2 Å². The molecule has 0 fully saturated rings. The van der Waals surface area contributed by atoms with Gasteiger partial charge in [-0.3, -0.25) is 0 Å². The lowest BCUT2D eigenvalue weighted by atomic mass is 10.1. The Hall–Kier alpha value is -1.28. The molecule has 1 atom stereocenters. The van der Waals surface area contributed by atoms with Crippen LogP contribution in [0.5, 0.6) is 0 Å². The number of nitrogens with one attached hydrogen (secondary N) is 1. The molecule has 0 bridgehead atoms. The highest BCUT2D eigenvalue weighted by Crippen LogP contribution is 2.21. The first-order valence-electron chi connectivity index (χ1n) is 5.34. The fourth-order valence-electron chi connectivity index (χ4n) is 1.61. The van der Waals surface area contributed by atoms with Crippen molar-refractivity contribution < 1.29 is 17.2 Å². The smallest absolute Gasteiger partial charge is 0.182 e. The number of rotatable bonds is 5. The van der Waals surface area contributed by atoms with Crippen LogP contribution in [0.25, 0.3) is 0 Å². The van der Waals surface area contributed by atoms with E-state index in [9.17, 15) is 17.2 Å². The van der Waals surface area contributed by atoms with Gasteiger partial charge in [-0.05, 0) is 19.1 Å². The molecule has 106 valence electrons. The molecule has 19 heavy (non-hydrogen) atoms. The molecule has 0 saturated carbocycles. The molecule has 4 nitrogen and oxygen atoms in total. The average Bonchev–Trinajstić information content (AvgIpc) is 2.21. The zero-order valence-electron chi connectivity index (χ0n) is 10.4. The van der Waals surface area contributed by atoms with Crippen molar-refractivity contribution in [1.29, 1.82) is 0 Å². The van der Waals surface area contributed by atoms with Crippen LogP contribution in [0, 0.1) is 11.6 Å². The summed E-state index contributed by atoms with van der Waals surface area (Å²) in [5.41, 5.74) is 4.93. The number of halogens is 2. The molecule has 1 aromatic carbocycles. The van der Waals surface area contributed by atoms with Gasteiger partial charge in [-0.15, -0.1) is 0 Å². The number of sulfone groups is 1. The molecule has 1 rings (SSSR count). The van der Waals surface area contributed by atoms with Crippen LogP contribution in [0.4, 0.5) is 14.5 Å². The lowest BCUT2D eigenvalue weighted by molar-refractivity contribution is 0.508. The summed E-state index contributed by atoms with van der Waals surface area (Å²) in [5, 5.41) is 2.60. The average molecular weight is 308 g/mol. The fourth-order valence-corrected chi connectivity index (χ4v) is 2.76. The largest absolute Gasteiger partial charge is 0.389 e. The summed E-state index contributed by atoms with van der Waals surface area (Å²) >= 11 is 4.58. The van der Waals surface area contributed by atoms with Gasteiger partial charge < -0.3 is 11.1 Å². The van der Waals surface area contributed by atoms with Gasteiger partial charge in [0.1, 0.15) is 14.8 Å². The Labute approximate surface area is 115 Å². The third kappa shape index (κ3) is 4.39. The van der Waals surface area contributed by atoms with E-state index in [0.29, 0.717) is 0 Å². The van der Waals surface area contributed by atoms with E-state index in [-0.39, 0.29) is 22.0 Å². The van der Waals surface area contributed by atoms with Crippen molar-refractivity contribution in [3.63, 3.8) is 0 Å². The SMILES string of the molecule is CC(CS(C)(=O)=O)Nc1ccc(C(N)=S)c(F)c1F. The van der Waals surface area contributed by atoms with Crippen molar-refractivity contribution >= 4 is 32.7 Å². The number of anilines is 1. The summed E-state index contributed by atoms with van der Waals surface area (Å²) in [6.07, 6.45) is 1.07. The van der Waals surface area contributed by atoms with Crippen LogP contribution in [0.1, 0.15) is 12.5 Å². The standard InChI is InChI=1S/C11H14F2N2O2S2/c1-6(5-19(2,16)17)15-8-4-3-7(11(14)18)9(12)10(8)13/h3-4,6,15H,5H2,1-2H3,(H2,14,18). The number of hydrogen-bond acceptors (Lipinski definition) is 4. The normalized spacial score (nSPS) is 13.1. The highest BCUT2D eigenvalue weighted by atomic mass is 32.2. The second kappa shape index (κ2) is 5.79. The van der Waals surface area contributed by atoms with Crippen molar-refractivity contribution in [3.8, 4) is 0 Å². The number of benzene rings is 1. The molecule has 3 N–H and O–H groups in total. The molecular weight excluding hydrogens is 294 g/mol. The fraction of sp³-hybridized carbons (Fsp3) is 0.364. The zero-order chi connectivity index (χ0) is 14.8. The molecule has 0 aliphatic carbocycles. The highest BCUT2D eigenvalue weighted by molar-refractivity contribution is 7.90. The Bertz CT molecular complexity index is 603. The van der Waals surface area contributed by atoms with E-state index in [0.717, 1.165) is 6.26 Å². The van der Waals surface area contributed by atoms with E-state index in [1.807, 2.05) is 0 Å². The molecule has 0 amide bonds. The summed E-state index contributed by atoms with van der Waals surface area (Å²) in [7, 11) is -3.21. The number of thiocarbonyl (C=S) groups is 1. The highest BCUT2D eigenvalue weighted by Gasteiger charge is 2.17. The Morgan fingerprint density at radius 2 is 2.00 bits per heavy atom. The third-order valence-electron chi connectivity index (χ3n) is 2.30. The second-order valence-electron chi connectivity index (χ2n) is 4.29. The van der Waals surface area contributed by atoms with Crippen molar-refractivity contribution in [1.82, 2.24) is 0 Å². The molecule has 0 saturated heterocycles. The van der Waals surface area contributed by atoms with E-state index in [2.05, 4.69) is 17.5 Å². The first-order chi connectivity index (χ1) is 8.61. The van der Waals surface area contributed by atoms with Gasteiger partial charge in [0.05, 0.1) is 11.4 Å². The lowest BCUT2D eigenvalue weighted by Gasteiger charge is -2.15. The van der Waals surface area contributed by atoms with E-state index < -0.39 is 27.5 Å². The monoisotopic (exact) mass is 308 g/mol. The molecule has 0 aliphatic heterocycles. The molecule has 0 aliphatic rings. The second-order valence-corrected chi connectivity index (χ2v) is 6.92. The van der Waals surface area contributed by atoms with Crippen LogP contribution in [-0.2, 0) is 9.84 Å². The maximum absolute atomic E-state index is 13.7. The number of nitrogens with two attached hydrogens (primary N) is 1. The topological polar surface area (TPSA) is 72.2 Å². The van der Waals surface area contributed by atoms with Crippen LogP contribution < -0.4 is 11.1 Å². The summed E-state index contributed by atoms with van der Waals surface area (Å²) < 4.78 is 49.5. The minimum absolute atomic E-state index is 0.131. The van der Waals surface area contributed by atoms with Crippen molar-refractivity contribution in [2.45, 2.75) is 13.0 Å². The summed E-state index contributed by atoms with van der Waals surface area (Å²) in [6, 6.07) is 1.96. The van der Waals surface area contributed by atoms with Gasteiger partial charge in [-0.2, -0.15) is 0 Å². The van der Waals surface area contributed by atoms with Crippen LogP contribution in [0.3, 0.4) is 0 Å². The third-order valence-corrected chi connectivity index (χ3v) is 3.63. The maximum atomic E-state index is 13.7. The van der Waals surface area contributed by atoms with Gasteiger partial charge >= 0.3 is 0 Å². The van der Waals surface area contributed by atoms with Crippen LogP contribution in [0.15, 0.2) is 12.1 Å². The van der Waals surface area contributed by atoms with Gasteiger partial charge in [0.2, 0.25) is 0 Å².